The van der Waals surface area contributed by atoms with E-state index in [1.807, 2.05) is 6.07 Å². The van der Waals surface area contributed by atoms with E-state index in [0.717, 1.165) is 42.7 Å². The molecule has 4 rings (SSSR count). The van der Waals surface area contributed by atoms with Crippen molar-refractivity contribution < 1.29 is 20.1 Å². The van der Waals surface area contributed by atoms with Gasteiger partial charge in [-0.3, -0.25) is 0 Å². The van der Waals surface area contributed by atoms with Crippen molar-refractivity contribution in [3.8, 4) is 5.75 Å². The standard InChI is InChI=1S/C24H29NO4/c1-23(2)9-11-25-12-10-24(3,4)18-19(25)17(23)13-16(21(18)27)20(26)14-7-5-6-8-15(14)22(28)29/h5-8,13,20,26-27H,9-12H2,1-4H3,(H,28,29). The Balaban J connectivity index is 1.99. The lowest BCUT2D eigenvalue weighted by molar-refractivity contribution is 0.0691. The third-order valence-corrected chi connectivity index (χ3v) is 6.82. The summed E-state index contributed by atoms with van der Waals surface area (Å²) >= 11 is 0. The predicted molar refractivity (Wildman–Crippen MR) is 113 cm³/mol. The number of rotatable bonds is 3. The highest BCUT2D eigenvalue weighted by atomic mass is 16.4. The van der Waals surface area contributed by atoms with Crippen LogP contribution in [-0.4, -0.2) is 34.4 Å². The van der Waals surface area contributed by atoms with Gasteiger partial charge in [-0.15, -0.1) is 0 Å². The Morgan fingerprint density at radius 3 is 2.31 bits per heavy atom. The highest BCUT2D eigenvalue weighted by Gasteiger charge is 2.43. The maximum absolute atomic E-state index is 11.7. The number of aromatic hydroxyl groups is 1. The third-order valence-electron chi connectivity index (χ3n) is 6.82. The average Bonchev–Trinajstić information content (AvgIpc) is 2.66. The number of carboxylic acid groups (broad SMARTS) is 1. The molecule has 5 nitrogen and oxygen atoms in total. The van der Waals surface area contributed by atoms with Gasteiger partial charge in [0, 0.05) is 29.9 Å². The minimum absolute atomic E-state index is 0.0471. The largest absolute Gasteiger partial charge is 0.507 e. The fourth-order valence-electron chi connectivity index (χ4n) is 4.90. The predicted octanol–water partition coefficient (Wildman–Crippen LogP) is 4.34. The minimum Gasteiger partial charge on any atom is -0.507 e. The van der Waals surface area contributed by atoms with Crippen LogP contribution in [0.2, 0.25) is 0 Å². The number of hydrogen-bond acceptors (Lipinski definition) is 4. The topological polar surface area (TPSA) is 81.0 Å². The molecule has 154 valence electrons. The molecule has 2 aromatic carbocycles. The van der Waals surface area contributed by atoms with Crippen LogP contribution in [-0.2, 0) is 10.8 Å². The molecule has 0 fully saturated rings. The molecule has 0 amide bonds. The maximum Gasteiger partial charge on any atom is 0.336 e. The normalized spacial score (nSPS) is 20.1. The fourth-order valence-corrected chi connectivity index (χ4v) is 4.90. The van der Waals surface area contributed by atoms with Crippen molar-refractivity contribution in [3.63, 3.8) is 0 Å². The van der Waals surface area contributed by atoms with E-state index >= 15 is 0 Å². The third kappa shape index (κ3) is 2.99. The summed E-state index contributed by atoms with van der Waals surface area (Å²) in [7, 11) is 0. The van der Waals surface area contributed by atoms with Crippen LogP contribution in [0.5, 0.6) is 5.75 Å². The van der Waals surface area contributed by atoms with Gasteiger partial charge < -0.3 is 20.2 Å². The zero-order chi connectivity index (χ0) is 21.1. The number of carboxylic acids is 1. The smallest absolute Gasteiger partial charge is 0.336 e. The lowest BCUT2D eigenvalue weighted by atomic mass is 9.68. The Hall–Kier alpha value is -2.53. The molecule has 3 N–H and O–H groups in total. The zero-order valence-corrected chi connectivity index (χ0v) is 17.5. The quantitative estimate of drug-likeness (QED) is 0.720. The van der Waals surface area contributed by atoms with Crippen LogP contribution >= 0.6 is 0 Å². The molecule has 0 saturated carbocycles. The Labute approximate surface area is 171 Å². The second kappa shape index (κ2) is 6.49. The molecule has 0 aromatic heterocycles. The van der Waals surface area contributed by atoms with Crippen molar-refractivity contribution in [1.82, 2.24) is 0 Å². The lowest BCUT2D eigenvalue weighted by Gasteiger charge is -2.48. The molecule has 2 aromatic rings. The van der Waals surface area contributed by atoms with Gasteiger partial charge in [-0.05, 0) is 46.9 Å². The second-order valence-corrected chi connectivity index (χ2v) is 9.64. The number of aliphatic hydroxyl groups excluding tert-OH is 1. The summed E-state index contributed by atoms with van der Waals surface area (Å²) in [5, 5.41) is 32.1. The number of aromatic carboxylic acids is 1. The summed E-state index contributed by atoms with van der Waals surface area (Å²) in [5.74, 6) is -1.01. The molecular formula is C24H29NO4. The van der Waals surface area contributed by atoms with Gasteiger partial charge in [0.15, 0.2) is 0 Å². The first-order valence-electron chi connectivity index (χ1n) is 10.2. The second-order valence-electron chi connectivity index (χ2n) is 9.64. The van der Waals surface area contributed by atoms with Crippen molar-refractivity contribution in [2.75, 3.05) is 18.0 Å². The van der Waals surface area contributed by atoms with Crippen molar-refractivity contribution in [2.24, 2.45) is 0 Å². The van der Waals surface area contributed by atoms with E-state index in [9.17, 15) is 20.1 Å². The lowest BCUT2D eigenvalue weighted by Crippen LogP contribution is -2.45. The molecular weight excluding hydrogens is 366 g/mol. The van der Waals surface area contributed by atoms with Crippen LogP contribution in [0.15, 0.2) is 30.3 Å². The molecule has 0 radical (unpaired) electrons. The van der Waals surface area contributed by atoms with Crippen molar-refractivity contribution in [2.45, 2.75) is 57.5 Å². The summed E-state index contributed by atoms with van der Waals surface area (Å²) < 4.78 is 0. The number of phenols is 1. The van der Waals surface area contributed by atoms with Gasteiger partial charge in [0.1, 0.15) is 11.9 Å². The van der Waals surface area contributed by atoms with Crippen LogP contribution in [0.3, 0.4) is 0 Å². The minimum atomic E-state index is -1.22. The van der Waals surface area contributed by atoms with Crippen LogP contribution in [0.1, 0.15) is 79.3 Å². The molecule has 2 aliphatic rings. The highest BCUT2D eigenvalue weighted by molar-refractivity contribution is 5.89. The maximum atomic E-state index is 11.7. The van der Waals surface area contributed by atoms with Gasteiger partial charge in [-0.25, -0.2) is 4.79 Å². The average molecular weight is 395 g/mol. The number of aliphatic hydroxyl groups is 1. The van der Waals surface area contributed by atoms with E-state index in [1.54, 1.807) is 18.2 Å². The first kappa shape index (κ1) is 19.8. The first-order valence-corrected chi connectivity index (χ1v) is 10.2. The van der Waals surface area contributed by atoms with Gasteiger partial charge in [0.05, 0.1) is 5.56 Å². The monoisotopic (exact) mass is 395 g/mol. The Kier molecular flexibility index (Phi) is 4.43. The van der Waals surface area contributed by atoms with Gasteiger partial charge in [0.2, 0.25) is 0 Å². The number of benzene rings is 2. The summed E-state index contributed by atoms with van der Waals surface area (Å²) in [6, 6.07) is 8.34. The Morgan fingerprint density at radius 2 is 1.66 bits per heavy atom. The first-order chi connectivity index (χ1) is 13.5. The van der Waals surface area contributed by atoms with Gasteiger partial charge in [-0.1, -0.05) is 45.9 Å². The van der Waals surface area contributed by atoms with E-state index in [1.165, 1.54) is 6.07 Å². The molecule has 29 heavy (non-hydrogen) atoms. The van der Waals surface area contributed by atoms with Crippen molar-refractivity contribution in [1.29, 1.82) is 0 Å². The van der Waals surface area contributed by atoms with Gasteiger partial charge >= 0.3 is 5.97 Å². The SMILES string of the molecule is CC1(C)CCN2CCC(C)(C)c3c(O)c(C(O)c4ccccc4C(=O)O)cc1c32. The van der Waals surface area contributed by atoms with Crippen LogP contribution < -0.4 is 4.90 Å². The molecule has 0 aliphatic carbocycles. The highest BCUT2D eigenvalue weighted by Crippen LogP contribution is 2.54. The van der Waals surface area contributed by atoms with E-state index in [-0.39, 0.29) is 22.1 Å². The molecule has 0 saturated heterocycles. The number of nitrogens with zero attached hydrogens (tertiary/aromatic N) is 1. The number of hydrogen-bond donors (Lipinski definition) is 3. The van der Waals surface area contributed by atoms with Crippen LogP contribution in [0, 0.1) is 0 Å². The molecule has 1 atom stereocenters. The summed E-state index contributed by atoms with van der Waals surface area (Å²) in [4.78, 5) is 14.0. The molecule has 2 aliphatic heterocycles. The molecule has 1 unspecified atom stereocenters. The molecule has 2 heterocycles. The van der Waals surface area contributed by atoms with E-state index in [4.69, 9.17) is 0 Å². The summed E-state index contributed by atoms with van der Waals surface area (Å²) in [5.41, 5.74) is 3.48. The Bertz CT molecular complexity index is 991. The molecule has 5 heteroatoms. The molecule has 0 bridgehead atoms. The zero-order valence-electron chi connectivity index (χ0n) is 17.5. The van der Waals surface area contributed by atoms with Crippen LogP contribution in [0.25, 0.3) is 0 Å². The summed E-state index contributed by atoms with van der Waals surface area (Å²) in [6.07, 6.45) is 0.692. The van der Waals surface area contributed by atoms with Crippen LogP contribution in [0.4, 0.5) is 5.69 Å². The Morgan fingerprint density at radius 1 is 1.03 bits per heavy atom. The fraction of sp³-hybridized carbons (Fsp3) is 0.458. The van der Waals surface area contributed by atoms with Crippen molar-refractivity contribution in [3.05, 3.63) is 58.1 Å². The van der Waals surface area contributed by atoms with Crippen molar-refractivity contribution >= 4 is 11.7 Å². The number of phenolic OH excluding ortho intramolecular Hbond substituents is 1. The van der Waals surface area contributed by atoms with E-state index < -0.39 is 12.1 Å². The van der Waals surface area contributed by atoms with Gasteiger partial charge in [0.25, 0.3) is 0 Å². The number of anilines is 1. The van der Waals surface area contributed by atoms with E-state index in [0.29, 0.717) is 11.1 Å². The molecule has 0 spiro atoms. The number of carbonyl (C=O) groups is 1. The van der Waals surface area contributed by atoms with E-state index in [2.05, 4.69) is 32.6 Å². The summed E-state index contributed by atoms with van der Waals surface area (Å²) in [6.45, 7) is 10.5. The van der Waals surface area contributed by atoms with Gasteiger partial charge in [-0.2, -0.15) is 0 Å².